The number of carbonyl (C=O) groups excluding carboxylic acids is 1. The third kappa shape index (κ3) is 4.57. The van der Waals surface area contributed by atoms with Gasteiger partial charge in [0.15, 0.2) is 0 Å². The summed E-state index contributed by atoms with van der Waals surface area (Å²) in [7, 11) is 1.57. The minimum atomic E-state index is -4.53. The zero-order chi connectivity index (χ0) is 23.8. The lowest BCUT2D eigenvalue weighted by Gasteiger charge is -2.24. The molecule has 0 fully saturated rings. The summed E-state index contributed by atoms with van der Waals surface area (Å²) in [6.45, 7) is 2.21. The van der Waals surface area contributed by atoms with Crippen LogP contribution in [-0.2, 0) is 22.8 Å². The van der Waals surface area contributed by atoms with Crippen LogP contribution in [0.4, 0.5) is 13.2 Å². The molecule has 1 amide bonds. The van der Waals surface area contributed by atoms with Crippen molar-refractivity contribution in [1.82, 2.24) is 9.88 Å². The number of pyridine rings is 1. The van der Waals surface area contributed by atoms with Crippen LogP contribution in [0.2, 0.25) is 0 Å². The van der Waals surface area contributed by atoms with Crippen molar-refractivity contribution < 1.29 is 22.7 Å². The molecule has 0 unspecified atom stereocenters. The maximum atomic E-state index is 13.6. The molecule has 5 nitrogen and oxygen atoms in total. The van der Waals surface area contributed by atoms with Gasteiger partial charge in [0, 0.05) is 31.4 Å². The molecule has 1 aliphatic rings. The Morgan fingerprint density at radius 2 is 1.79 bits per heavy atom. The van der Waals surface area contributed by atoms with E-state index in [0.29, 0.717) is 34.4 Å². The molecule has 2 aromatic carbocycles. The van der Waals surface area contributed by atoms with Crippen LogP contribution in [0, 0.1) is 0 Å². The molecule has 1 aliphatic heterocycles. The van der Waals surface area contributed by atoms with Crippen LogP contribution >= 0.6 is 0 Å². The van der Waals surface area contributed by atoms with Gasteiger partial charge in [0.2, 0.25) is 5.91 Å². The Morgan fingerprint density at radius 1 is 1.06 bits per heavy atom. The van der Waals surface area contributed by atoms with Crippen molar-refractivity contribution in [1.29, 1.82) is 0 Å². The number of halogens is 3. The van der Waals surface area contributed by atoms with Crippen molar-refractivity contribution in [3.05, 3.63) is 93.4 Å². The normalized spacial score (nSPS) is 17.6. The van der Waals surface area contributed by atoms with Crippen LogP contribution < -0.4 is 10.9 Å². The van der Waals surface area contributed by atoms with Crippen LogP contribution in [0.25, 0.3) is 11.1 Å². The second-order valence-electron chi connectivity index (χ2n) is 7.96. The summed E-state index contributed by atoms with van der Waals surface area (Å²) in [5, 5.41) is 2.72. The van der Waals surface area contributed by atoms with Gasteiger partial charge in [-0.25, -0.2) is 0 Å². The largest absolute Gasteiger partial charge is 0.416 e. The molecule has 2 heterocycles. The van der Waals surface area contributed by atoms with Gasteiger partial charge in [0.05, 0.1) is 18.1 Å². The van der Waals surface area contributed by atoms with Crippen molar-refractivity contribution in [2.24, 2.45) is 7.05 Å². The molecule has 0 aliphatic carbocycles. The highest BCUT2D eigenvalue weighted by molar-refractivity contribution is 5.78. The van der Waals surface area contributed by atoms with E-state index in [2.05, 4.69) is 5.32 Å². The first-order valence-corrected chi connectivity index (χ1v) is 10.6. The van der Waals surface area contributed by atoms with Gasteiger partial charge in [-0.2, -0.15) is 13.2 Å². The number of alkyl halides is 3. The summed E-state index contributed by atoms with van der Waals surface area (Å²) in [5.41, 5.74) is 1.45. The van der Waals surface area contributed by atoms with Crippen molar-refractivity contribution in [3.63, 3.8) is 0 Å². The number of aromatic nitrogens is 1. The molecule has 0 radical (unpaired) electrons. The zero-order valence-corrected chi connectivity index (χ0v) is 18.1. The molecule has 0 saturated carbocycles. The lowest BCUT2D eigenvalue weighted by molar-refractivity contribution is -0.137. The smallest absolute Gasteiger partial charge is 0.360 e. The molecule has 33 heavy (non-hydrogen) atoms. The van der Waals surface area contributed by atoms with E-state index >= 15 is 0 Å². The quantitative estimate of drug-likeness (QED) is 0.616. The highest BCUT2D eigenvalue weighted by Gasteiger charge is 2.36. The molecule has 0 saturated heterocycles. The third-order valence-electron chi connectivity index (χ3n) is 5.71. The molecule has 4 rings (SSSR count). The lowest BCUT2D eigenvalue weighted by atomic mass is 9.90. The number of fused-ring (bicyclic) bond motifs is 3. The molecule has 1 aromatic heterocycles. The second kappa shape index (κ2) is 8.86. The second-order valence-corrected chi connectivity index (χ2v) is 7.96. The number of aryl methyl sites for hydroxylation is 1. The van der Waals surface area contributed by atoms with Crippen LogP contribution in [-0.4, -0.2) is 17.0 Å². The Balaban J connectivity index is 1.98. The van der Waals surface area contributed by atoms with Crippen molar-refractivity contribution in [2.45, 2.75) is 31.7 Å². The van der Waals surface area contributed by atoms with E-state index in [1.54, 1.807) is 50.5 Å². The topological polar surface area (TPSA) is 60.3 Å². The average molecular weight is 456 g/mol. The molecule has 3 aromatic rings. The number of ether oxygens (including phenoxy) is 1. The number of nitrogens with zero attached hydrogens (tertiary/aromatic N) is 1. The molecule has 172 valence electrons. The van der Waals surface area contributed by atoms with Gasteiger partial charge in [-0.1, -0.05) is 36.4 Å². The summed E-state index contributed by atoms with van der Waals surface area (Å²) in [4.78, 5) is 24.9. The number of amides is 1. The van der Waals surface area contributed by atoms with Crippen molar-refractivity contribution >= 4 is 5.91 Å². The number of hydrogen-bond donors (Lipinski definition) is 1. The first kappa shape index (κ1) is 22.8. The van der Waals surface area contributed by atoms with E-state index in [0.717, 1.165) is 12.1 Å². The van der Waals surface area contributed by atoms with Gasteiger partial charge in [0.25, 0.3) is 5.56 Å². The summed E-state index contributed by atoms with van der Waals surface area (Å²) in [6.07, 6.45) is -4.71. The molecular weight excluding hydrogens is 433 g/mol. The summed E-state index contributed by atoms with van der Waals surface area (Å²) >= 11 is 0. The first-order chi connectivity index (χ1) is 15.7. The molecule has 8 heteroatoms. The fraction of sp³-hybridized carbons (Fsp3) is 0.280. The molecule has 2 atom stereocenters. The Hall–Kier alpha value is -3.39. The Labute approximate surface area is 188 Å². The Morgan fingerprint density at radius 3 is 2.45 bits per heavy atom. The summed E-state index contributed by atoms with van der Waals surface area (Å²) in [6, 6.07) is 13.8. The van der Waals surface area contributed by atoms with Crippen molar-refractivity contribution in [3.8, 4) is 11.1 Å². The van der Waals surface area contributed by atoms with E-state index in [1.807, 2.05) is 0 Å². The van der Waals surface area contributed by atoms with Gasteiger partial charge in [-0.3, -0.25) is 9.59 Å². The summed E-state index contributed by atoms with van der Waals surface area (Å²) in [5.74, 6) is -0.275. The van der Waals surface area contributed by atoms with Crippen LogP contribution in [0.15, 0.2) is 65.6 Å². The molecular formula is C25H23F3N2O3. The SMILES string of the molecule is CCNC(=O)C[C@@H]1O[C@@H](c2ccccc2)c2cc(C(F)(F)F)ccc2-c2cn(C)c(=O)cc21. The first-order valence-electron chi connectivity index (χ1n) is 10.6. The number of rotatable bonds is 4. The van der Waals surface area contributed by atoms with Gasteiger partial charge in [0.1, 0.15) is 6.10 Å². The third-order valence-corrected chi connectivity index (χ3v) is 5.71. The van der Waals surface area contributed by atoms with Crippen LogP contribution in [0.1, 0.15) is 47.8 Å². The van der Waals surface area contributed by atoms with Crippen LogP contribution in [0.5, 0.6) is 0 Å². The highest BCUT2D eigenvalue weighted by Crippen LogP contribution is 2.46. The zero-order valence-electron chi connectivity index (χ0n) is 18.1. The lowest BCUT2D eigenvalue weighted by Crippen LogP contribution is -2.26. The van der Waals surface area contributed by atoms with Gasteiger partial charge in [-0.15, -0.1) is 0 Å². The van der Waals surface area contributed by atoms with Crippen molar-refractivity contribution in [2.75, 3.05) is 6.54 Å². The molecule has 0 bridgehead atoms. The molecule has 0 spiro atoms. The fourth-order valence-corrected chi connectivity index (χ4v) is 4.13. The number of hydrogen-bond acceptors (Lipinski definition) is 3. The Kier molecular flexibility index (Phi) is 6.12. The van der Waals surface area contributed by atoms with E-state index < -0.39 is 23.9 Å². The van der Waals surface area contributed by atoms with E-state index in [9.17, 15) is 22.8 Å². The monoisotopic (exact) mass is 456 g/mol. The number of benzene rings is 2. The molecule has 1 N–H and O–H groups in total. The number of nitrogens with one attached hydrogen (secondary N) is 1. The Bertz CT molecular complexity index is 1240. The maximum Gasteiger partial charge on any atom is 0.416 e. The number of carbonyl (C=O) groups is 1. The van der Waals surface area contributed by atoms with Gasteiger partial charge in [-0.05, 0) is 41.3 Å². The van der Waals surface area contributed by atoms with E-state index in [4.69, 9.17) is 4.74 Å². The van der Waals surface area contributed by atoms with E-state index in [1.165, 1.54) is 16.7 Å². The standard InChI is InChI=1S/C25H23F3N2O3/c1-3-29-22(31)13-21-18-12-23(32)30(2)14-20(18)17-10-9-16(25(26,27)28)11-19(17)24(33-21)15-7-5-4-6-8-15/h4-12,14,21,24H,3,13H2,1-2H3,(H,29,31)/t21-,24-/m0/s1. The average Bonchev–Trinajstić information content (AvgIpc) is 2.89. The van der Waals surface area contributed by atoms with Crippen LogP contribution in [0.3, 0.4) is 0 Å². The predicted molar refractivity (Wildman–Crippen MR) is 118 cm³/mol. The minimum Gasteiger partial charge on any atom is -0.360 e. The summed E-state index contributed by atoms with van der Waals surface area (Å²) < 4.78 is 48.5. The van der Waals surface area contributed by atoms with E-state index in [-0.39, 0.29) is 17.9 Å². The highest BCUT2D eigenvalue weighted by atomic mass is 19.4. The van der Waals surface area contributed by atoms with Gasteiger partial charge < -0.3 is 14.6 Å². The van der Waals surface area contributed by atoms with Gasteiger partial charge >= 0.3 is 6.18 Å². The maximum absolute atomic E-state index is 13.6. The minimum absolute atomic E-state index is 0.0720. The fourth-order valence-electron chi connectivity index (χ4n) is 4.13. The predicted octanol–water partition coefficient (Wildman–Crippen LogP) is 4.76.